The number of ether oxygens (including phenoxy) is 2. The maximum absolute atomic E-state index is 12.2. The second kappa shape index (κ2) is 11.3. The van der Waals surface area contributed by atoms with Gasteiger partial charge in [0.25, 0.3) is 11.4 Å². The molecule has 3 aromatic carbocycles. The minimum atomic E-state index is -0.704. The lowest BCUT2D eigenvalue weighted by molar-refractivity contribution is -0.394. The van der Waals surface area contributed by atoms with Crippen molar-refractivity contribution < 1.29 is 24.1 Å². The van der Waals surface area contributed by atoms with Gasteiger partial charge in [-0.2, -0.15) is 0 Å². The quantitative estimate of drug-likeness (QED) is 0.0827. The third-order valence-corrected chi connectivity index (χ3v) is 5.20. The fourth-order valence-electron chi connectivity index (χ4n) is 2.94. The van der Waals surface area contributed by atoms with Gasteiger partial charge in [0.1, 0.15) is 0 Å². The zero-order chi connectivity index (χ0) is 25.5. The van der Waals surface area contributed by atoms with Crippen LogP contribution < -0.4 is 9.47 Å². The first-order chi connectivity index (χ1) is 16.7. The van der Waals surface area contributed by atoms with E-state index in [2.05, 4.69) is 0 Å². The molecule has 0 aromatic heterocycles. The number of esters is 1. The summed E-state index contributed by atoms with van der Waals surface area (Å²) >= 11 is 11.9. The van der Waals surface area contributed by atoms with E-state index in [9.17, 15) is 25.0 Å². The van der Waals surface area contributed by atoms with Gasteiger partial charge in [0, 0.05) is 22.2 Å². The summed E-state index contributed by atoms with van der Waals surface area (Å²) in [4.78, 5) is 33.0. The Hall–Kier alpha value is -4.21. The van der Waals surface area contributed by atoms with Crippen LogP contribution in [0, 0.1) is 20.2 Å². The molecule has 0 N–H and O–H groups in total. The summed E-state index contributed by atoms with van der Waals surface area (Å²) in [6.07, 6.45) is 5.70. The van der Waals surface area contributed by atoms with Gasteiger partial charge in [-0.1, -0.05) is 41.4 Å². The van der Waals surface area contributed by atoms with Crippen molar-refractivity contribution in [2.24, 2.45) is 0 Å². The Morgan fingerprint density at radius 3 is 2.26 bits per heavy atom. The number of halogens is 2. The van der Waals surface area contributed by atoms with Crippen LogP contribution in [-0.2, 0) is 4.79 Å². The standard InChI is InChI=1S/C24H16Cl2N2O7/c1-34-23-12-15(2-4-17-6-9-19(27(30)31)14-21(17)28(32)33)3-10-22(23)35-24(29)11-7-16-5-8-18(25)13-20(16)26/h2-14H,1H3/b4-2+,11-7+. The average molecular weight is 515 g/mol. The van der Waals surface area contributed by atoms with Gasteiger partial charge in [0.2, 0.25) is 0 Å². The van der Waals surface area contributed by atoms with Crippen molar-refractivity contribution in [3.05, 3.63) is 108 Å². The summed E-state index contributed by atoms with van der Waals surface area (Å²) in [5, 5.41) is 23.0. The highest BCUT2D eigenvalue weighted by Crippen LogP contribution is 2.31. The fourth-order valence-corrected chi connectivity index (χ4v) is 3.41. The van der Waals surface area contributed by atoms with Gasteiger partial charge in [-0.05, 0) is 53.6 Å². The molecule has 35 heavy (non-hydrogen) atoms. The van der Waals surface area contributed by atoms with E-state index in [0.29, 0.717) is 21.2 Å². The number of nitro groups is 2. The lowest BCUT2D eigenvalue weighted by atomic mass is 10.1. The van der Waals surface area contributed by atoms with Crippen molar-refractivity contribution in [1.29, 1.82) is 0 Å². The molecule has 9 nitrogen and oxygen atoms in total. The van der Waals surface area contributed by atoms with E-state index in [4.69, 9.17) is 32.7 Å². The lowest BCUT2D eigenvalue weighted by Gasteiger charge is -2.09. The number of benzene rings is 3. The Labute approximate surface area is 209 Å². The molecule has 0 aliphatic heterocycles. The second-order valence-corrected chi connectivity index (χ2v) is 7.76. The van der Waals surface area contributed by atoms with Crippen molar-refractivity contribution in [2.75, 3.05) is 7.11 Å². The molecule has 0 fully saturated rings. The molecule has 3 aromatic rings. The molecule has 0 amide bonds. The molecule has 0 atom stereocenters. The van der Waals surface area contributed by atoms with Crippen molar-refractivity contribution >= 4 is 58.8 Å². The monoisotopic (exact) mass is 514 g/mol. The van der Waals surface area contributed by atoms with Crippen molar-refractivity contribution in [3.8, 4) is 11.5 Å². The second-order valence-electron chi connectivity index (χ2n) is 6.92. The Bertz CT molecular complexity index is 1370. The van der Waals surface area contributed by atoms with Gasteiger partial charge in [-0.3, -0.25) is 20.2 Å². The molecule has 0 bridgehead atoms. The van der Waals surface area contributed by atoms with Crippen molar-refractivity contribution in [3.63, 3.8) is 0 Å². The molecule has 0 unspecified atom stereocenters. The maximum atomic E-state index is 12.2. The van der Waals surface area contributed by atoms with E-state index in [1.807, 2.05) is 0 Å². The smallest absolute Gasteiger partial charge is 0.336 e. The van der Waals surface area contributed by atoms with Gasteiger partial charge >= 0.3 is 5.97 Å². The lowest BCUT2D eigenvalue weighted by Crippen LogP contribution is -2.05. The molecule has 0 radical (unpaired) electrons. The van der Waals surface area contributed by atoms with Crippen LogP contribution in [0.4, 0.5) is 11.4 Å². The number of nitro benzene ring substituents is 2. The summed E-state index contributed by atoms with van der Waals surface area (Å²) in [6.45, 7) is 0. The topological polar surface area (TPSA) is 122 Å². The highest BCUT2D eigenvalue weighted by Gasteiger charge is 2.18. The Kier molecular flexibility index (Phi) is 8.19. The maximum Gasteiger partial charge on any atom is 0.336 e. The molecular formula is C24H16Cl2N2O7. The molecule has 178 valence electrons. The third kappa shape index (κ3) is 6.66. The summed E-state index contributed by atoms with van der Waals surface area (Å²) in [6, 6.07) is 12.9. The van der Waals surface area contributed by atoms with Gasteiger partial charge in [0.05, 0.1) is 28.6 Å². The number of methoxy groups -OCH3 is 1. The van der Waals surface area contributed by atoms with Crippen molar-refractivity contribution in [1.82, 2.24) is 0 Å². The van der Waals surface area contributed by atoms with Gasteiger partial charge in [-0.25, -0.2) is 4.79 Å². The van der Waals surface area contributed by atoms with Gasteiger partial charge in [-0.15, -0.1) is 0 Å². The van der Waals surface area contributed by atoms with Crippen LogP contribution in [0.3, 0.4) is 0 Å². The first-order valence-electron chi connectivity index (χ1n) is 9.82. The predicted octanol–water partition coefficient (Wildman–Crippen LogP) is 6.61. The zero-order valence-corrected chi connectivity index (χ0v) is 19.5. The Balaban J connectivity index is 1.78. The molecule has 0 aliphatic carbocycles. The van der Waals surface area contributed by atoms with E-state index in [-0.39, 0.29) is 22.7 Å². The van der Waals surface area contributed by atoms with Crippen LogP contribution >= 0.6 is 23.2 Å². The molecule has 0 saturated heterocycles. The highest BCUT2D eigenvalue weighted by molar-refractivity contribution is 6.35. The minimum absolute atomic E-state index is 0.155. The van der Waals surface area contributed by atoms with Crippen LogP contribution in [-0.4, -0.2) is 22.9 Å². The molecule has 3 rings (SSSR count). The number of hydrogen-bond donors (Lipinski definition) is 0. The summed E-state index contributed by atoms with van der Waals surface area (Å²) in [5.74, 6) is -0.265. The van der Waals surface area contributed by atoms with Crippen molar-refractivity contribution in [2.45, 2.75) is 0 Å². The molecular weight excluding hydrogens is 499 g/mol. The summed E-state index contributed by atoms with van der Waals surface area (Å²) in [5.41, 5.74) is 0.564. The van der Waals surface area contributed by atoms with E-state index in [1.165, 1.54) is 43.5 Å². The van der Waals surface area contributed by atoms with E-state index < -0.39 is 21.5 Å². The average Bonchev–Trinajstić information content (AvgIpc) is 2.82. The van der Waals surface area contributed by atoms with Crippen LogP contribution in [0.25, 0.3) is 18.2 Å². The highest BCUT2D eigenvalue weighted by atomic mass is 35.5. The van der Waals surface area contributed by atoms with Gasteiger partial charge < -0.3 is 9.47 Å². The minimum Gasteiger partial charge on any atom is -0.493 e. The number of non-ortho nitro benzene ring substituents is 1. The predicted molar refractivity (Wildman–Crippen MR) is 133 cm³/mol. The summed E-state index contributed by atoms with van der Waals surface area (Å²) in [7, 11) is 1.39. The van der Waals surface area contributed by atoms with Crippen LogP contribution in [0.1, 0.15) is 16.7 Å². The van der Waals surface area contributed by atoms with Crippen LogP contribution in [0.15, 0.2) is 60.7 Å². The number of rotatable bonds is 8. The number of nitrogens with zero attached hydrogens (tertiary/aromatic N) is 2. The molecule has 0 saturated carbocycles. The summed E-state index contributed by atoms with van der Waals surface area (Å²) < 4.78 is 10.6. The van der Waals surface area contributed by atoms with E-state index in [0.717, 1.165) is 6.07 Å². The molecule has 11 heteroatoms. The number of carbonyl (C=O) groups excluding carboxylic acids is 1. The fraction of sp³-hybridized carbons (Fsp3) is 0.0417. The first kappa shape index (κ1) is 25.4. The van der Waals surface area contributed by atoms with E-state index in [1.54, 1.807) is 36.4 Å². The van der Waals surface area contributed by atoms with Gasteiger partial charge in [0.15, 0.2) is 11.5 Å². The first-order valence-corrected chi connectivity index (χ1v) is 10.6. The van der Waals surface area contributed by atoms with Crippen LogP contribution in [0.2, 0.25) is 10.0 Å². The SMILES string of the molecule is COc1cc(/C=C/c2ccc([N+](=O)[O-])cc2[N+](=O)[O-])ccc1OC(=O)/C=C/c1ccc(Cl)cc1Cl. The molecule has 0 heterocycles. The molecule has 0 aliphatic rings. The van der Waals surface area contributed by atoms with E-state index >= 15 is 0 Å². The number of hydrogen-bond acceptors (Lipinski definition) is 7. The third-order valence-electron chi connectivity index (χ3n) is 4.64. The van der Waals surface area contributed by atoms with Crippen LogP contribution in [0.5, 0.6) is 11.5 Å². The Morgan fingerprint density at radius 1 is 0.857 bits per heavy atom. The normalized spacial score (nSPS) is 11.1. The largest absolute Gasteiger partial charge is 0.493 e. The molecule has 0 spiro atoms. The Morgan fingerprint density at radius 2 is 1.60 bits per heavy atom. The zero-order valence-electron chi connectivity index (χ0n) is 18.0. The number of carbonyl (C=O) groups is 1.